The number of nitrogens with one attached hydrogen (secondary N) is 1. The number of carbonyl (C=O) groups is 2. The number of aromatic nitrogens is 1. The number of nitrogens with zero attached hydrogens (tertiary/aromatic N) is 2. The van der Waals surface area contributed by atoms with Crippen molar-refractivity contribution in [3.8, 4) is 11.1 Å². The van der Waals surface area contributed by atoms with Crippen LogP contribution in [0.1, 0.15) is 45.1 Å². The van der Waals surface area contributed by atoms with E-state index in [1.165, 1.54) is 4.57 Å². The number of rotatable bonds is 7. The summed E-state index contributed by atoms with van der Waals surface area (Å²) < 4.78 is 42.8. The van der Waals surface area contributed by atoms with Gasteiger partial charge >= 0.3 is 5.97 Å². The second kappa shape index (κ2) is 11.7. The van der Waals surface area contributed by atoms with Crippen LogP contribution in [0.25, 0.3) is 11.1 Å². The second-order valence-corrected chi connectivity index (χ2v) is 10.9. The highest BCUT2D eigenvalue weighted by Gasteiger charge is 2.30. The van der Waals surface area contributed by atoms with Crippen molar-refractivity contribution in [3.63, 3.8) is 0 Å². The van der Waals surface area contributed by atoms with Gasteiger partial charge < -0.3 is 29.4 Å². The monoisotopic (exact) mass is 581 g/mol. The van der Waals surface area contributed by atoms with Gasteiger partial charge in [-0.05, 0) is 66.3 Å². The van der Waals surface area contributed by atoms with E-state index in [2.05, 4.69) is 5.32 Å². The molecular weight excluding hydrogens is 548 g/mol. The Hall–Kier alpha value is -4.09. The molecule has 0 bridgehead atoms. The molecule has 0 radical (unpaired) electrons. The molecule has 0 spiro atoms. The van der Waals surface area contributed by atoms with Crippen LogP contribution in [0.4, 0.5) is 14.5 Å². The minimum atomic E-state index is -1.47. The number of aliphatic carboxylic acids is 1. The highest BCUT2D eigenvalue weighted by Crippen LogP contribution is 2.35. The van der Waals surface area contributed by atoms with Crippen molar-refractivity contribution in [2.75, 3.05) is 24.7 Å². The Kier molecular flexibility index (Phi) is 8.16. The Balaban J connectivity index is 1.42. The highest BCUT2D eigenvalue weighted by atomic mass is 19.1. The van der Waals surface area contributed by atoms with Crippen LogP contribution in [0, 0.1) is 25.5 Å². The molecule has 2 atom stereocenters. The molecule has 0 saturated carbocycles. The summed E-state index contributed by atoms with van der Waals surface area (Å²) >= 11 is 0. The van der Waals surface area contributed by atoms with Gasteiger partial charge in [0.15, 0.2) is 0 Å². The van der Waals surface area contributed by atoms with Crippen molar-refractivity contribution < 1.29 is 33.0 Å². The van der Waals surface area contributed by atoms with Crippen LogP contribution in [0.5, 0.6) is 0 Å². The summed E-state index contributed by atoms with van der Waals surface area (Å²) in [7, 11) is 1.69. The third-order valence-electron chi connectivity index (χ3n) is 8.16. The standard InChI is InChI=1S/C31H33F2N3O6/c1-16-12-35(4)30(38)27(18(16)3)21-6-5-19(22-14-42-15-23(21)22)9-26(31(39)40)34-29(37)28-24(32)10-20(11-25(28)33)36-7-8-41-13-17(36)2/h5-6,10-12,17,26H,7-9,13-15H2,1-4H3,(H,34,37)(H,39,40)/t17-,26-/m0/s1. The summed E-state index contributed by atoms with van der Waals surface area (Å²) in [6, 6.07) is 4.05. The average molecular weight is 582 g/mol. The molecule has 2 aromatic carbocycles. The minimum Gasteiger partial charge on any atom is -0.480 e. The number of carbonyl (C=O) groups excluding carboxylic acids is 1. The molecule has 5 rings (SSSR count). The molecule has 1 saturated heterocycles. The topological polar surface area (TPSA) is 110 Å². The number of benzene rings is 2. The average Bonchev–Trinajstić information content (AvgIpc) is 3.43. The Morgan fingerprint density at radius 2 is 1.81 bits per heavy atom. The molecule has 1 amide bonds. The van der Waals surface area contributed by atoms with Crippen molar-refractivity contribution in [2.24, 2.45) is 7.05 Å². The summed E-state index contributed by atoms with van der Waals surface area (Å²) in [4.78, 5) is 40.0. The predicted molar refractivity (Wildman–Crippen MR) is 152 cm³/mol. The third kappa shape index (κ3) is 5.41. The molecule has 3 heterocycles. The summed E-state index contributed by atoms with van der Waals surface area (Å²) in [5.41, 5.74) is 4.43. The number of halogens is 2. The van der Waals surface area contributed by atoms with Gasteiger partial charge in [0.2, 0.25) is 0 Å². The lowest BCUT2D eigenvalue weighted by Crippen LogP contribution is -2.44. The van der Waals surface area contributed by atoms with Gasteiger partial charge in [-0.15, -0.1) is 0 Å². The normalized spacial score (nSPS) is 17.2. The van der Waals surface area contributed by atoms with Crippen LogP contribution in [0.2, 0.25) is 0 Å². The largest absolute Gasteiger partial charge is 0.480 e. The summed E-state index contributed by atoms with van der Waals surface area (Å²) in [6.45, 7) is 7.37. The fourth-order valence-electron chi connectivity index (χ4n) is 5.77. The number of pyridine rings is 1. The molecular formula is C31H33F2N3O6. The number of carboxylic acid groups (broad SMARTS) is 1. The number of aryl methyl sites for hydroxylation is 2. The van der Waals surface area contributed by atoms with Crippen LogP contribution in [-0.4, -0.2) is 53.4 Å². The lowest BCUT2D eigenvalue weighted by atomic mass is 9.89. The van der Waals surface area contributed by atoms with Gasteiger partial charge in [0.25, 0.3) is 11.5 Å². The summed E-state index contributed by atoms with van der Waals surface area (Å²) in [5, 5.41) is 12.2. The van der Waals surface area contributed by atoms with Crippen molar-refractivity contribution in [1.82, 2.24) is 9.88 Å². The zero-order valence-corrected chi connectivity index (χ0v) is 23.9. The molecule has 2 N–H and O–H groups in total. The molecule has 2 aliphatic rings. The first-order valence-electron chi connectivity index (χ1n) is 13.7. The molecule has 11 heteroatoms. The number of morpholine rings is 1. The number of anilines is 1. The summed E-state index contributed by atoms with van der Waals surface area (Å²) in [5.74, 6) is -4.69. The van der Waals surface area contributed by atoms with E-state index in [-0.39, 0.29) is 36.9 Å². The molecule has 3 aromatic rings. The molecule has 0 unspecified atom stereocenters. The first-order valence-corrected chi connectivity index (χ1v) is 13.7. The van der Waals surface area contributed by atoms with E-state index in [1.54, 1.807) is 30.3 Å². The van der Waals surface area contributed by atoms with Gasteiger partial charge in [-0.3, -0.25) is 9.59 Å². The SMILES string of the molecule is Cc1cn(C)c(=O)c(-c2ccc(C[C@H](NC(=O)c3c(F)cc(N4CCOC[C@@H]4C)cc3F)C(=O)O)c3c2COC3)c1C. The molecule has 2 aliphatic heterocycles. The van der Waals surface area contributed by atoms with E-state index in [1.807, 2.05) is 20.8 Å². The maximum absolute atomic E-state index is 15.1. The zero-order chi connectivity index (χ0) is 30.3. The fourth-order valence-corrected chi connectivity index (χ4v) is 5.77. The van der Waals surface area contributed by atoms with Gasteiger partial charge in [0, 0.05) is 37.9 Å². The Bertz CT molecular complexity index is 1610. The van der Waals surface area contributed by atoms with E-state index < -0.39 is 35.1 Å². The van der Waals surface area contributed by atoms with Crippen molar-refractivity contribution >= 4 is 17.6 Å². The van der Waals surface area contributed by atoms with E-state index in [9.17, 15) is 19.5 Å². The van der Waals surface area contributed by atoms with Crippen LogP contribution >= 0.6 is 0 Å². The lowest BCUT2D eigenvalue weighted by molar-refractivity contribution is -0.139. The number of amides is 1. The van der Waals surface area contributed by atoms with Crippen molar-refractivity contribution in [2.45, 2.75) is 52.5 Å². The van der Waals surface area contributed by atoms with Crippen LogP contribution in [0.15, 0.2) is 35.3 Å². The number of ether oxygens (including phenoxy) is 2. The quantitative estimate of drug-likeness (QED) is 0.439. The van der Waals surface area contributed by atoms with Crippen LogP contribution in [0.3, 0.4) is 0 Å². The maximum Gasteiger partial charge on any atom is 0.326 e. The van der Waals surface area contributed by atoms with Crippen molar-refractivity contribution in [3.05, 3.63) is 85.8 Å². The fraction of sp³-hybridized carbons (Fsp3) is 0.387. The lowest BCUT2D eigenvalue weighted by Gasteiger charge is -2.35. The first-order chi connectivity index (χ1) is 20.0. The predicted octanol–water partition coefficient (Wildman–Crippen LogP) is 3.63. The summed E-state index contributed by atoms with van der Waals surface area (Å²) in [6.07, 6.45) is 1.62. The smallest absolute Gasteiger partial charge is 0.326 e. The van der Waals surface area contributed by atoms with Crippen LogP contribution < -0.4 is 15.8 Å². The Morgan fingerprint density at radius 1 is 1.12 bits per heavy atom. The molecule has 42 heavy (non-hydrogen) atoms. The Labute approximate surface area is 241 Å². The number of fused-ring (bicyclic) bond motifs is 1. The van der Waals surface area contributed by atoms with Gasteiger partial charge in [0.1, 0.15) is 23.2 Å². The molecule has 9 nitrogen and oxygen atoms in total. The van der Waals surface area contributed by atoms with Gasteiger partial charge in [0.05, 0.1) is 32.0 Å². The third-order valence-corrected chi connectivity index (χ3v) is 8.16. The molecule has 222 valence electrons. The van der Waals surface area contributed by atoms with Crippen molar-refractivity contribution in [1.29, 1.82) is 0 Å². The molecule has 0 aliphatic carbocycles. The van der Waals surface area contributed by atoms with Crippen LogP contribution in [-0.2, 0) is 41.0 Å². The zero-order valence-electron chi connectivity index (χ0n) is 23.9. The van der Waals surface area contributed by atoms with E-state index in [0.29, 0.717) is 36.4 Å². The highest BCUT2D eigenvalue weighted by molar-refractivity contribution is 5.97. The number of carboxylic acids is 1. The Morgan fingerprint density at radius 3 is 2.48 bits per heavy atom. The molecule has 1 aromatic heterocycles. The first kappa shape index (κ1) is 29.4. The second-order valence-electron chi connectivity index (χ2n) is 10.9. The van der Waals surface area contributed by atoms with Gasteiger partial charge in [-0.1, -0.05) is 12.1 Å². The van der Waals surface area contributed by atoms with E-state index in [4.69, 9.17) is 9.47 Å². The van der Waals surface area contributed by atoms with E-state index >= 15 is 8.78 Å². The number of hydrogen-bond donors (Lipinski definition) is 2. The number of hydrogen-bond acceptors (Lipinski definition) is 6. The minimum absolute atomic E-state index is 0.108. The van der Waals surface area contributed by atoms with Gasteiger partial charge in [-0.25, -0.2) is 13.6 Å². The molecule has 1 fully saturated rings. The maximum atomic E-state index is 15.1. The van der Waals surface area contributed by atoms with Gasteiger partial charge in [-0.2, -0.15) is 0 Å². The van der Waals surface area contributed by atoms with E-state index in [0.717, 1.165) is 34.4 Å².